The van der Waals surface area contributed by atoms with Crippen molar-refractivity contribution < 1.29 is 9.59 Å². The molecule has 0 bridgehead atoms. The molecular formula is C27H33NO2. The molecule has 0 N–H and O–H groups in total. The zero-order valence-corrected chi connectivity index (χ0v) is 18.2. The van der Waals surface area contributed by atoms with Crippen molar-refractivity contribution in [3.63, 3.8) is 0 Å². The van der Waals surface area contributed by atoms with E-state index in [0.29, 0.717) is 16.7 Å². The van der Waals surface area contributed by atoms with Crippen LogP contribution in [0.2, 0.25) is 0 Å². The van der Waals surface area contributed by atoms with E-state index in [1.165, 1.54) is 44.9 Å². The molecule has 0 radical (unpaired) electrons. The third kappa shape index (κ3) is 4.21. The molecule has 0 unspecified atom stereocenters. The highest BCUT2D eigenvalue weighted by molar-refractivity contribution is 6.24. The maximum atomic E-state index is 13.4. The van der Waals surface area contributed by atoms with E-state index in [-0.39, 0.29) is 11.7 Å². The van der Waals surface area contributed by atoms with Crippen molar-refractivity contribution in [1.82, 2.24) is 4.90 Å². The number of amides is 1. The molecule has 0 atom stereocenters. The second-order valence-corrected chi connectivity index (χ2v) is 8.89. The summed E-state index contributed by atoms with van der Waals surface area (Å²) in [4.78, 5) is 28.1. The maximum absolute atomic E-state index is 13.4. The van der Waals surface area contributed by atoms with E-state index >= 15 is 0 Å². The number of benzene rings is 2. The standard InChI is InChI=1S/C27H33NO2/c1-2-3-4-5-6-7-11-20-16-18-28(19-17-20)27(30)24-15-10-14-23-25(24)21-12-8-9-13-22(21)26(23)29/h8-10,12-15,20H,2-7,11,16-19H2,1H3. The van der Waals surface area contributed by atoms with Crippen molar-refractivity contribution in [2.75, 3.05) is 13.1 Å². The Hall–Kier alpha value is -2.42. The van der Waals surface area contributed by atoms with E-state index < -0.39 is 0 Å². The summed E-state index contributed by atoms with van der Waals surface area (Å²) in [5.74, 6) is 0.867. The Kier molecular flexibility index (Phi) is 6.66. The first-order chi connectivity index (χ1) is 14.7. The number of carbonyl (C=O) groups excluding carboxylic acids is 2. The lowest BCUT2D eigenvalue weighted by Gasteiger charge is -2.32. The van der Waals surface area contributed by atoms with Crippen LogP contribution in [0.1, 0.15) is 91.0 Å². The van der Waals surface area contributed by atoms with Gasteiger partial charge in [0.15, 0.2) is 5.78 Å². The summed E-state index contributed by atoms with van der Waals surface area (Å²) in [5, 5.41) is 0. The molecule has 2 aromatic rings. The van der Waals surface area contributed by atoms with Crippen molar-refractivity contribution in [1.29, 1.82) is 0 Å². The number of ketones is 1. The van der Waals surface area contributed by atoms with Gasteiger partial charge in [-0.15, -0.1) is 0 Å². The second-order valence-electron chi connectivity index (χ2n) is 8.89. The van der Waals surface area contributed by atoms with Gasteiger partial charge in [0.1, 0.15) is 0 Å². The summed E-state index contributed by atoms with van der Waals surface area (Å²) in [7, 11) is 0. The number of likely N-dealkylation sites (tertiary alicyclic amines) is 1. The van der Waals surface area contributed by atoms with Crippen LogP contribution in [0.15, 0.2) is 42.5 Å². The third-order valence-electron chi connectivity index (χ3n) is 6.85. The molecule has 1 amide bonds. The summed E-state index contributed by atoms with van der Waals surface area (Å²) >= 11 is 0. The first-order valence-corrected chi connectivity index (χ1v) is 11.8. The number of carbonyl (C=O) groups is 2. The third-order valence-corrected chi connectivity index (χ3v) is 6.85. The van der Waals surface area contributed by atoms with Crippen LogP contribution < -0.4 is 0 Å². The average molecular weight is 404 g/mol. The number of hydrogen-bond donors (Lipinski definition) is 0. The maximum Gasteiger partial charge on any atom is 0.254 e. The first kappa shape index (κ1) is 20.8. The van der Waals surface area contributed by atoms with Gasteiger partial charge in [-0.25, -0.2) is 0 Å². The number of unbranched alkanes of at least 4 members (excludes halogenated alkanes) is 5. The molecule has 2 aliphatic rings. The van der Waals surface area contributed by atoms with Crippen LogP contribution >= 0.6 is 0 Å². The van der Waals surface area contributed by atoms with E-state index in [1.807, 2.05) is 47.4 Å². The van der Waals surface area contributed by atoms with Crippen LogP contribution in [0.5, 0.6) is 0 Å². The van der Waals surface area contributed by atoms with Crippen LogP contribution in [0.3, 0.4) is 0 Å². The molecule has 1 aliphatic heterocycles. The molecule has 0 aromatic heterocycles. The average Bonchev–Trinajstić information content (AvgIpc) is 3.09. The molecule has 1 saturated heterocycles. The number of hydrogen-bond acceptors (Lipinski definition) is 2. The van der Waals surface area contributed by atoms with Gasteiger partial charge in [-0.1, -0.05) is 88.3 Å². The molecule has 158 valence electrons. The largest absolute Gasteiger partial charge is 0.339 e. The lowest BCUT2D eigenvalue weighted by atomic mass is 9.90. The molecule has 3 heteroatoms. The Labute approximate surface area is 180 Å². The van der Waals surface area contributed by atoms with Crippen LogP contribution in [0.25, 0.3) is 11.1 Å². The fourth-order valence-electron chi connectivity index (χ4n) is 5.06. The van der Waals surface area contributed by atoms with Crippen molar-refractivity contribution in [3.8, 4) is 11.1 Å². The van der Waals surface area contributed by atoms with Gasteiger partial charge in [0.2, 0.25) is 0 Å². The van der Waals surface area contributed by atoms with Gasteiger partial charge in [0.25, 0.3) is 5.91 Å². The molecule has 4 rings (SSSR count). The summed E-state index contributed by atoms with van der Waals surface area (Å²) in [6.45, 7) is 3.92. The molecule has 1 heterocycles. The Morgan fingerprint density at radius 3 is 2.30 bits per heavy atom. The summed E-state index contributed by atoms with van der Waals surface area (Å²) < 4.78 is 0. The molecule has 0 saturated carbocycles. The van der Waals surface area contributed by atoms with Gasteiger partial charge in [-0.3, -0.25) is 9.59 Å². The van der Waals surface area contributed by atoms with Gasteiger partial charge in [-0.2, -0.15) is 0 Å². The van der Waals surface area contributed by atoms with Gasteiger partial charge < -0.3 is 4.90 Å². The lowest BCUT2D eigenvalue weighted by molar-refractivity contribution is 0.0686. The molecule has 30 heavy (non-hydrogen) atoms. The number of piperidine rings is 1. The number of nitrogens with zero attached hydrogens (tertiary/aromatic N) is 1. The molecule has 3 nitrogen and oxygen atoms in total. The summed E-state index contributed by atoms with van der Waals surface area (Å²) in [5.41, 5.74) is 3.79. The van der Waals surface area contributed by atoms with Crippen LogP contribution in [0.4, 0.5) is 0 Å². The number of rotatable bonds is 8. The molecule has 2 aromatic carbocycles. The minimum atomic E-state index is 0.0351. The van der Waals surface area contributed by atoms with Crippen molar-refractivity contribution in [3.05, 3.63) is 59.2 Å². The van der Waals surface area contributed by atoms with Crippen molar-refractivity contribution in [2.45, 2.75) is 64.7 Å². The van der Waals surface area contributed by atoms with Crippen LogP contribution in [-0.4, -0.2) is 29.7 Å². The molecule has 1 fully saturated rings. The predicted molar refractivity (Wildman–Crippen MR) is 122 cm³/mol. The Morgan fingerprint density at radius 2 is 1.53 bits per heavy atom. The zero-order chi connectivity index (χ0) is 20.9. The van der Waals surface area contributed by atoms with E-state index in [0.717, 1.165) is 43.0 Å². The smallest absolute Gasteiger partial charge is 0.254 e. The second kappa shape index (κ2) is 9.59. The fourth-order valence-corrected chi connectivity index (χ4v) is 5.06. The van der Waals surface area contributed by atoms with Crippen molar-refractivity contribution in [2.24, 2.45) is 5.92 Å². The highest BCUT2D eigenvalue weighted by atomic mass is 16.2. The van der Waals surface area contributed by atoms with Gasteiger partial charge >= 0.3 is 0 Å². The van der Waals surface area contributed by atoms with Crippen LogP contribution in [-0.2, 0) is 0 Å². The summed E-state index contributed by atoms with van der Waals surface area (Å²) in [6, 6.07) is 13.2. The fraction of sp³-hybridized carbons (Fsp3) is 0.481. The lowest BCUT2D eigenvalue weighted by Crippen LogP contribution is -2.38. The predicted octanol–water partition coefficient (Wildman–Crippen LogP) is 6.50. The Morgan fingerprint density at radius 1 is 0.867 bits per heavy atom. The van der Waals surface area contributed by atoms with Gasteiger partial charge in [0, 0.05) is 35.3 Å². The highest BCUT2D eigenvalue weighted by Crippen LogP contribution is 2.39. The quantitative estimate of drug-likeness (QED) is 0.403. The van der Waals surface area contributed by atoms with Gasteiger partial charge in [-0.05, 0) is 30.4 Å². The highest BCUT2D eigenvalue weighted by Gasteiger charge is 2.32. The van der Waals surface area contributed by atoms with E-state index in [4.69, 9.17) is 0 Å². The minimum Gasteiger partial charge on any atom is -0.339 e. The first-order valence-electron chi connectivity index (χ1n) is 11.8. The normalized spacial score (nSPS) is 15.9. The van der Waals surface area contributed by atoms with Crippen molar-refractivity contribution >= 4 is 11.7 Å². The SMILES string of the molecule is CCCCCCCCC1CCN(C(=O)c2cccc3c2-c2ccccc2C3=O)CC1. The Balaban J connectivity index is 1.37. The topological polar surface area (TPSA) is 37.4 Å². The van der Waals surface area contributed by atoms with Crippen LogP contribution in [0, 0.1) is 5.92 Å². The van der Waals surface area contributed by atoms with E-state index in [1.54, 1.807) is 0 Å². The minimum absolute atomic E-state index is 0.0351. The molecule has 0 spiro atoms. The van der Waals surface area contributed by atoms with E-state index in [9.17, 15) is 9.59 Å². The molecular weight excluding hydrogens is 370 g/mol. The summed E-state index contributed by atoms with van der Waals surface area (Å²) in [6.07, 6.45) is 11.6. The zero-order valence-electron chi connectivity index (χ0n) is 18.2. The monoisotopic (exact) mass is 403 g/mol. The number of fused-ring (bicyclic) bond motifs is 3. The van der Waals surface area contributed by atoms with Gasteiger partial charge in [0.05, 0.1) is 0 Å². The molecule has 1 aliphatic carbocycles. The van der Waals surface area contributed by atoms with E-state index in [2.05, 4.69) is 6.92 Å². The Bertz CT molecular complexity index is 909.